The van der Waals surface area contributed by atoms with Crippen LogP contribution in [0.1, 0.15) is 29.9 Å². The van der Waals surface area contributed by atoms with Crippen molar-refractivity contribution in [2.24, 2.45) is 0 Å². The summed E-state index contributed by atoms with van der Waals surface area (Å²) in [6.07, 6.45) is 3.50. The van der Waals surface area contributed by atoms with Crippen LogP contribution in [0, 0.1) is 13.8 Å². The predicted octanol–water partition coefficient (Wildman–Crippen LogP) is 3.49. The lowest BCUT2D eigenvalue weighted by Crippen LogP contribution is -2.23. The number of hydrogen-bond donors (Lipinski definition) is 0. The van der Waals surface area contributed by atoms with E-state index in [1.807, 2.05) is 43.8 Å². The molecular formula is C19H23N5O. The molecule has 6 heteroatoms. The minimum absolute atomic E-state index is 0.149. The Morgan fingerprint density at radius 1 is 1.12 bits per heavy atom. The van der Waals surface area contributed by atoms with Crippen LogP contribution in [0.25, 0.3) is 5.82 Å². The first-order chi connectivity index (χ1) is 12.0. The Morgan fingerprint density at radius 3 is 2.44 bits per heavy atom. The molecule has 0 aliphatic rings. The van der Waals surface area contributed by atoms with E-state index < -0.39 is 0 Å². The van der Waals surface area contributed by atoms with Gasteiger partial charge < -0.3 is 9.64 Å². The van der Waals surface area contributed by atoms with Crippen molar-refractivity contribution in [1.29, 1.82) is 0 Å². The summed E-state index contributed by atoms with van der Waals surface area (Å²) in [5.41, 5.74) is 3.18. The van der Waals surface area contributed by atoms with E-state index >= 15 is 0 Å². The Labute approximate surface area is 148 Å². The molecule has 6 nitrogen and oxygen atoms in total. The number of rotatable bonds is 5. The van der Waals surface area contributed by atoms with Gasteiger partial charge in [0.1, 0.15) is 11.6 Å². The maximum atomic E-state index is 5.23. The van der Waals surface area contributed by atoms with Gasteiger partial charge in [-0.05, 0) is 44.5 Å². The number of methoxy groups -OCH3 is 1. The summed E-state index contributed by atoms with van der Waals surface area (Å²) in [7, 11) is 3.69. The van der Waals surface area contributed by atoms with Gasteiger partial charge in [-0.2, -0.15) is 5.10 Å². The maximum absolute atomic E-state index is 5.23. The van der Waals surface area contributed by atoms with Gasteiger partial charge >= 0.3 is 0 Å². The predicted molar refractivity (Wildman–Crippen MR) is 98.4 cm³/mol. The molecule has 3 aromatic rings. The van der Waals surface area contributed by atoms with Gasteiger partial charge in [0.25, 0.3) is 0 Å². The van der Waals surface area contributed by atoms with Crippen molar-refractivity contribution < 1.29 is 4.74 Å². The topological polar surface area (TPSA) is 56.1 Å². The van der Waals surface area contributed by atoms with Crippen molar-refractivity contribution in [3.63, 3.8) is 0 Å². The van der Waals surface area contributed by atoms with E-state index in [-0.39, 0.29) is 6.04 Å². The second kappa shape index (κ2) is 6.93. The van der Waals surface area contributed by atoms with Crippen molar-refractivity contribution in [1.82, 2.24) is 19.7 Å². The van der Waals surface area contributed by atoms with Gasteiger partial charge in [-0.15, -0.1) is 0 Å². The number of benzene rings is 1. The third-order valence-electron chi connectivity index (χ3n) is 4.38. The Kier molecular flexibility index (Phi) is 4.70. The first kappa shape index (κ1) is 17.0. The average molecular weight is 337 g/mol. The van der Waals surface area contributed by atoms with Crippen LogP contribution in [0.15, 0.2) is 42.7 Å². The molecule has 0 saturated carbocycles. The van der Waals surface area contributed by atoms with Crippen LogP contribution in [-0.2, 0) is 0 Å². The van der Waals surface area contributed by atoms with E-state index in [9.17, 15) is 0 Å². The highest BCUT2D eigenvalue weighted by atomic mass is 16.5. The van der Waals surface area contributed by atoms with E-state index in [0.29, 0.717) is 0 Å². The standard InChI is InChI=1S/C19H23N5O/c1-13-10-14(2)24(22-13)19-12-20-11-18(21-19)23(4)15(3)16-6-8-17(25-5)9-7-16/h6-12,15H,1-5H3. The number of aromatic nitrogens is 4. The van der Waals surface area contributed by atoms with E-state index in [2.05, 4.69) is 34.0 Å². The smallest absolute Gasteiger partial charge is 0.174 e. The Morgan fingerprint density at radius 2 is 1.84 bits per heavy atom. The van der Waals surface area contributed by atoms with Crippen LogP contribution in [0.5, 0.6) is 5.75 Å². The Bertz CT molecular complexity index is 857. The van der Waals surface area contributed by atoms with Crippen molar-refractivity contribution in [3.05, 3.63) is 59.7 Å². The van der Waals surface area contributed by atoms with Gasteiger partial charge in [-0.25, -0.2) is 9.67 Å². The number of hydrogen-bond acceptors (Lipinski definition) is 5. The Hall–Kier alpha value is -2.89. The molecule has 1 aromatic carbocycles. The summed E-state index contributed by atoms with van der Waals surface area (Å²) in [4.78, 5) is 11.2. The highest BCUT2D eigenvalue weighted by Crippen LogP contribution is 2.25. The van der Waals surface area contributed by atoms with E-state index in [4.69, 9.17) is 9.72 Å². The zero-order chi connectivity index (χ0) is 18.0. The average Bonchev–Trinajstić information content (AvgIpc) is 2.99. The molecule has 0 amide bonds. The molecule has 0 spiro atoms. The van der Waals surface area contributed by atoms with Crippen LogP contribution < -0.4 is 9.64 Å². The third kappa shape index (κ3) is 3.47. The van der Waals surface area contributed by atoms with Gasteiger partial charge in [-0.1, -0.05) is 12.1 Å². The van der Waals surface area contributed by atoms with Crippen LogP contribution in [-0.4, -0.2) is 33.9 Å². The quantitative estimate of drug-likeness (QED) is 0.713. The zero-order valence-electron chi connectivity index (χ0n) is 15.3. The fraction of sp³-hybridized carbons (Fsp3) is 0.316. The molecule has 0 aliphatic carbocycles. The molecule has 3 rings (SSSR count). The highest BCUT2D eigenvalue weighted by Gasteiger charge is 2.15. The van der Waals surface area contributed by atoms with Crippen LogP contribution in [0.4, 0.5) is 5.82 Å². The number of anilines is 1. The molecule has 2 aromatic heterocycles. The maximum Gasteiger partial charge on any atom is 0.174 e. The monoisotopic (exact) mass is 337 g/mol. The molecule has 0 radical (unpaired) electrons. The molecule has 0 N–H and O–H groups in total. The lowest BCUT2D eigenvalue weighted by Gasteiger charge is -2.26. The largest absolute Gasteiger partial charge is 0.497 e. The SMILES string of the molecule is COc1ccc(C(C)N(C)c2cncc(-n3nc(C)cc3C)n2)cc1. The first-order valence-corrected chi connectivity index (χ1v) is 8.22. The van der Waals surface area contributed by atoms with Gasteiger partial charge in [0, 0.05) is 12.7 Å². The second-order valence-electron chi connectivity index (χ2n) is 6.13. The summed E-state index contributed by atoms with van der Waals surface area (Å²) >= 11 is 0. The minimum Gasteiger partial charge on any atom is -0.497 e. The molecule has 130 valence electrons. The molecule has 0 bridgehead atoms. The van der Waals surface area contributed by atoms with Crippen molar-refractivity contribution >= 4 is 5.82 Å². The summed E-state index contributed by atoms with van der Waals surface area (Å²) in [5, 5.41) is 4.48. The van der Waals surface area contributed by atoms with Gasteiger partial charge in [-0.3, -0.25) is 4.98 Å². The van der Waals surface area contributed by atoms with Crippen LogP contribution >= 0.6 is 0 Å². The first-order valence-electron chi connectivity index (χ1n) is 8.22. The van der Waals surface area contributed by atoms with Gasteiger partial charge in [0.2, 0.25) is 0 Å². The van der Waals surface area contributed by atoms with Gasteiger partial charge in [0.15, 0.2) is 5.82 Å². The van der Waals surface area contributed by atoms with Crippen molar-refractivity contribution in [2.45, 2.75) is 26.8 Å². The van der Waals surface area contributed by atoms with Crippen molar-refractivity contribution in [2.75, 3.05) is 19.1 Å². The van der Waals surface area contributed by atoms with Gasteiger partial charge in [0.05, 0.1) is 31.2 Å². The summed E-state index contributed by atoms with van der Waals surface area (Å²) in [6, 6.07) is 10.3. The zero-order valence-corrected chi connectivity index (χ0v) is 15.3. The van der Waals surface area contributed by atoms with E-state index in [1.54, 1.807) is 19.5 Å². The molecule has 0 saturated heterocycles. The summed E-state index contributed by atoms with van der Waals surface area (Å²) in [6.45, 7) is 6.12. The number of aryl methyl sites for hydroxylation is 2. The minimum atomic E-state index is 0.149. The van der Waals surface area contributed by atoms with Crippen LogP contribution in [0.3, 0.4) is 0 Å². The highest BCUT2D eigenvalue weighted by molar-refractivity contribution is 5.43. The fourth-order valence-corrected chi connectivity index (χ4v) is 2.78. The van der Waals surface area contributed by atoms with Crippen molar-refractivity contribution in [3.8, 4) is 11.6 Å². The number of nitrogens with zero attached hydrogens (tertiary/aromatic N) is 5. The third-order valence-corrected chi connectivity index (χ3v) is 4.38. The molecular weight excluding hydrogens is 314 g/mol. The molecule has 0 aliphatic heterocycles. The van der Waals surface area contributed by atoms with Crippen LogP contribution in [0.2, 0.25) is 0 Å². The Balaban J connectivity index is 1.87. The lowest BCUT2D eigenvalue weighted by molar-refractivity contribution is 0.414. The molecule has 0 fully saturated rings. The molecule has 1 atom stereocenters. The molecule has 25 heavy (non-hydrogen) atoms. The second-order valence-corrected chi connectivity index (χ2v) is 6.13. The summed E-state index contributed by atoms with van der Waals surface area (Å²) in [5.74, 6) is 2.37. The van der Waals surface area contributed by atoms with E-state index in [1.165, 1.54) is 5.56 Å². The lowest BCUT2D eigenvalue weighted by atomic mass is 10.1. The molecule has 2 heterocycles. The summed E-state index contributed by atoms with van der Waals surface area (Å²) < 4.78 is 7.04. The fourth-order valence-electron chi connectivity index (χ4n) is 2.78. The number of ether oxygens (including phenoxy) is 1. The van der Waals surface area contributed by atoms with E-state index in [0.717, 1.165) is 28.8 Å². The molecule has 1 unspecified atom stereocenters. The normalized spacial score (nSPS) is 12.0.